The molecule has 0 aliphatic carbocycles. The summed E-state index contributed by atoms with van der Waals surface area (Å²) in [7, 11) is 1.53. The molecule has 3 aromatic rings. The minimum Gasteiger partial charge on any atom is -0.495 e. The van der Waals surface area contributed by atoms with Crippen LogP contribution < -0.4 is 26.2 Å². The summed E-state index contributed by atoms with van der Waals surface area (Å²) < 4.78 is 5.29. The molecule has 0 saturated carbocycles. The molecule has 1 aromatic heterocycles. The second-order valence-corrected chi connectivity index (χ2v) is 7.33. The van der Waals surface area contributed by atoms with Gasteiger partial charge in [-0.3, -0.25) is 19.4 Å². The SMILES string of the molecule is COc1ccccc1Nc1nc2c(c(=O)[nH]1)C(C(=O)NCCc1ccccc1)CC(=O)N2. The third kappa shape index (κ3) is 4.61. The van der Waals surface area contributed by atoms with Crippen molar-refractivity contribution in [3.8, 4) is 5.75 Å². The van der Waals surface area contributed by atoms with E-state index in [0.29, 0.717) is 24.4 Å². The third-order valence-electron chi connectivity index (χ3n) is 5.18. The molecule has 0 spiro atoms. The van der Waals surface area contributed by atoms with Gasteiger partial charge in [-0.1, -0.05) is 42.5 Å². The molecule has 0 fully saturated rings. The summed E-state index contributed by atoms with van der Waals surface area (Å²) in [4.78, 5) is 44.9. The Labute approximate surface area is 184 Å². The van der Waals surface area contributed by atoms with Crippen molar-refractivity contribution in [2.24, 2.45) is 0 Å². The molecule has 9 heteroatoms. The van der Waals surface area contributed by atoms with Crippen molar-refractivity contribution in [1.82, 2.24) is 15.3 Å². The number of anilines is 3. The van der Waals surface area contributed by atoms with Gasteiger partial charge >= 0.3 is 0 Å². The second kappa shape index (κ2) is 9.34. The van der Waals surface area contributed by atoms with Gasteiger partial charge in [-0.15, -0.1) is 0 Å². The lowest BCUT2D eigenvalue weighted by molar-refractivity contribution is -0.126. The number of aromatic nitrogens is 2. The van der Waals surface area contributed by atoms with E-state index in [1.165, 1.54) is 7.11 Å². The summed E-state index contributed by atoms with van der Waals surface area (Å²) in [5.74, 6) is -0.898. The number of benzene rings is 2. The van der Waals surface area contributed by atoms with Crippen LogP contribution in [0.3, 0.4) is 0 Å². The van der Waals surface area contributed by atoms with E-state index in [1.807, 2.05) is 36.4 Å². The number of carbonyl (C=O) groups excluding carboxylic acids is 2. The van der Waals surface area contributed by atoms with Gasteiger partial charge in [-0.2, -0.15) is 4.98 Å². The third-order valence-corrected chi connectivity index (χ3v) is 5.18. The van der Waals surface area contributed by atoms with Crippen LogP contribution in [0.4, 0.5) is 17.5 Å². The molecule has 164 valence electrons. The van der Waals surface area contributed by atoms with E-state index in [9.17, 15) is 14.4 Å². The zero-order valence-electron chi connectivity index (χ0n) is 17.5. The molecule has 4 rings (SSSR count). The highest BCUT2D eigenvalue weighted by atomic mass is 16.5. The Morgan fingerprint density at radius 2 is 1.88 bits per heavy atom. The second-order valence-electron chi connectivity index (χ2n) is 7.33. The van der Waals surface area contributed by atoms with Gasteiger partial charge in [0.15, 0.2) is 0 Å². The maximum atomic E-state index is 12.8. The summed E-state index contributed by atoms with van der Waals surface area (Å²) in [6.07, 6.45) is 0.531. The van der Waals surface area contributed by atoms with Gasteiger partial charge in [0.25, 0.3) is 5.56 Å². The molecule has 9 nitrogen and oxygen atoms in total. The van der Waals surface area contributed by atoms with Crippen LogP contribution in [-0.4, -0.2) is 35.4 Å². The van der Waals surface area contributed by atoms with Gasteiger partial charge in [-0.05, 0) is 24.1 Å². The number of rotatable bonds is 7. The molecule has 32 heavy (non-hydrogen) atoms. The van der Waals surface area contributed by atoms with Gasteiger partial charge in [0.05, 0.1) is 24.3 Å². The molecule has 0 saturated heterocycles. The number of hydrogen-bond donors (Lipinski definition) is 4. The lowest BCUT2D eigenvalue weighted by atomic mass is 9.92. The van der Waals surface area contributed by atoms with Crippen molar-refractivity contribution in [3.05, 3.63) is 76.1 Å². The average Bonchev–Trinajstić information content (AvgIpc) is 2.79. The van der Waals surface area contributed by atoms with Gasteiger partial charge in [0.2, 0.25) is 17.8 Å². The standard InChI is InChI=1S/C23H23N5O4/c1-32-17-10-6-5-9-16(17)25-23-27-20-19(22(31)28-23)15(13-18(29)26-20)21(30)24-12-11-14-7-3-2-4-8-14/h2-10,15H,11-13H2,1H3,(H,24,30)(H3,25,26,27,28,29,31). The Morgan fingerprint density at radius 1 is 1.12 bits per heavy atom. The number of carbonyl (C=O) groups is 2. The first-order chi connectivity index (χ1) is 15.5. The number of para-hydroxylation sites is 2. The first kappa shape index (κ1) is 21.1. The maximum Gasteiger partial charge on any atom is 0.258 e. The molecule has 0 bridgehead atoms. The van der Waals surface area contributed by atoms with Crippen molar-refractivity contribution in [3.63, 3.8) is 0 Å². The summed E-state index contributed by atoms with van der Waals surface area (Å²) >= 11 is 0. The molecular formula is C23H23N5O4. The highest BCUT2D eigenvalue weighted by Crippen LogP contribution is 2.30. The quantitative estimate of drug-likeness (QED) is 0.453. The minimum atomic E-state index is -0.911. The fourth-order valence-corrected chi connectivity index (χ4v) is 3.63. The van der Waals surface area contributed by atoms with Crippen molar-refractivity contribution in [1.29, 1.82) is 0 Å². The number of nitrogens with one attached hydrogen (secondary N) is 4. The fraction of sp³-hybridized carbons (Fsp3) is 0.217. The Bertz CT molecular complexity index is 1190. The van der Waals surface area contributed by atoms with Crippen molar-refractivity contribution in [2.75, 3.05) is 24.3 Å². The van der Waals surface area contributed by atoms with Crippen molar-refractivity contribution in [2.45, 2.75) is 18.8 Å². The summed E-state index contributed by atoms with van der Waals surface area (Å²) in [5.41, 5.74) is 1.33. The first-order valence-electron chi connectivity index (χ1n) is 10.2. The first-order valence-corrected chi connectivity index (χ1v) is 10.2. The number of ether oxygens (including phenoxy) is 1. The van der Waals surface area contributed by atoms with E-state index in [0.717, 1.165) is 5.56 Å². The molecule has 1 atom stereocenters. The van der Waals surface area contributed by atoms with Crippen LogP contribution in [0.25, 0.3) is 0 Å². The number of nitrogens with zero attached hydrogens (tertiary/aromatic N) is 1. The van der Waals surface area contributed by atoms with Crippen LogP contribution in [0.2, 0.25) is 0 Å². The van der Waals surface area contributed by atoms with Crippen LogP contribution >= 0.6 is 0 Å². The number of fused-ring (bicyclic) bond motifs is 1. The number of aromatic amines is 1. The van der Waals surface area contributed by atoms with Gasteiger partial charge in [-0.25, -0.2) is 0 Å². The molecule has 1 aliphatic rings. The van der Waals surface area contributed by atoms with Gasteiger partial charge in [0.1, 0.15) is 11.6 Å². The summed E-state index contributed by atoms with van der Waals surface area (Å²) in [6.45, 7) is 0.398. The van der Waals surface area contributed by atoms with Crippen LogP contribution in [0.1, 0.15) is 23.5 Å². The predicted octanol–water partition coefficient (Wildman–Crippen LogP) is 2.31. The Kier molecular flexibility index (Phi) is 6.16. The molecule has 2 amide bonds. The zero-order chi connectivity index (χ0) is 22.5. The van der Waals surface area contributed by atoms with Crippen LogP contribution in [0.15, 0.2) is 59.4 Å². The van der Waals surface area contributed by atoms with E-state index in [2.05, 4.69) is 25.9 Å². The molecule has 0 radical (unpaired) electrons. The number of amides is 2. The van der Waals surface area contributed by atoms with Crippen molar-refractivity contribution < 1.29 is 14.3 Å². The summed E-state index contributed by atoms with van der Waals surface area (Å²) in [6, 6.07) is 16.9. The highest BCUT2D eigenvalue weighted by molar-refractivity contribution is 6.00. The zero-order valence-corrected chi connectivity index (χ0v) is 17.5. The molecule has 2 heterocycles. The minimum absolute atomic E-state index is 0.0746. The van der Waals surface area contributed by atoms with Crippen LogP contribution in [-0.2, 0) is 16.0 Å². The molecule has 1 aliphatic heterocycles. The van der Waals surface area contributed by atoms with Gasteiger partial charge < -0.3 is 20.7 Å². The van der Waals surface area contributed by atoms with E-state index in [-0.39, 0.29) is 35.6 Å². The lowest BCUT2D eigenvalue weighted by Gasteiger charge is -2.23. The average molecular weight is 433 g/mol. The van der Waals surface area contributed by atoms with Gasteiger partial charge in [0, 0.05) is 13.0 Å². The fourth-order valence-electron chi connectivity index (χ4n) is 3.63. The lowest BCUT2D eigenvalue weighted by Crippen LogP contribution is -2.39. The Morgan fingerprint density at radius 3 is 2.66 bits per heavy atom. The molecule has 1 unspecified atom stereocenters. The normalized spacial score (nSPS) is 14.8. The predicted molar refractivity (Wildman–Crippen MR) is 120 cm³/mol. The summed E-state index contributed by atoms with van der Waals surface area (Å²) in [5, 5.41) is 8.41. The van der Waals surface area contributed by atoms with Crippen LogP contribution in [0, 0.1) is 0 Å². The smallest absolute Gasteiger partial charge is 0.258 e. The monoisotopic (exact) mass is 433 g/mol. The molecular weight excluding hydrogens is 410 g/mol. The van der Waals surface area contributed by atoms with E-state index in [4.69, 9.17) is 4.74 Å². The Balaban J connectivity index is 1.53. The van der Waals surface area contributed by atoms with Crippen molar-refractivity contribution >= 4 is 29.3 Å². The van der Waals surface area contributed by atoms with Crippen LogP contribution in [0.5, 0.6) is 5.75 Å². The maximum absolute atomic E-state index is 12.8. The number of methoxy groups -OCH3 is 1. The molecule has 4 N–H and O–H groups in total. The van der Waals surface area contributed by atoms with E-state index < -0.39 is 11.5 Å². The largest absolute Gasteiger partial charge is 0.495 e. The number of H-pyrrole nitrogens is 1. The molecule has 2 aromatic carbocycles. The highest BCUT2D eigenvalue weighted by Gasteiger charge is 2.34. The topological polar surface area (TPSA) is 125 Å². The Hall–Kier alpha value is -4.14. The number of hydrogen-bond acceptors (Lipinski definition) is 6. The van der Waals surface area contributed by atoms with E-state index in [1.54, 1.807) is 18.2 Å². The van der Waals surface area contributed by atoms with E-state index >= 15 is 0 Å².